The summed E-state index contributed by atoms with van der Waals surface area (Å²) in [4.78, 5) is 16.8. The lowest BCUT2D eigenvalue weighted by molar-refractivity contribution is -0.116. The first-order valence-electron chi connectivity index (χ1n) is 9.68. The van der Waals surface area contributed by atoms with Gasteiger partial charge in [0.15, 0.2) is 5.13 Å². The predicted octanol–water partition coefficient (Wildman–Crippen LogP) is 7.43. The molecule has 0 saturated heterocycles. The van der Waals surface area contributed by atoms with Crippen LogP contribution < -0.4 is 10.6 Å². The summed E-state index contributed by atoms with van der Waals surface area (Å²) in [6.45, 7) is 0. The van der Waals surface area contributed by atoms with E-state index in [-0.39, 0.29) is 5.91 Å². The number of benzene rings is 3. The van der Waals surface area contributed by atoms with Gasteiger partial charge in [-0.15, -0.1) is 11.3 Å². The second kappa shape index (κ2) is 9.96. The summed E-state index contributed by atoms with van der Waals surface area (Å²) in [6.07, 6.45) is 1.16. The van der Waals surface area contributed by atoms with Crippen LogP contribution in [0.2, 0.25) is 10.0 Å². The van der Waals surface area contributed by atoms with Gasteiger partial charge >= 0.3 is 0 Å². The van der Waals surface area contributed by atoms with Crippen molar-refractivity contribution in [1.82, 2.24) is 4.98 Å². The fourth-order valence-electron chi connectivity index (χ4n) is 3.02. The summed E-state index contributed by atoms with van der Waals surface area (Å²) < 4.78 is 0. The number of aryl methyl sites for hydroxylation is 1. The quantitative estimate of drug-likeness (QED) is 0.297. The fraction of sp³-hybridized carbons (Fsp3) is 0.0833. The Kier molecular flexibility index (Phi) is 6.87. The van der Waals surface area contributed by atoms with E-state index in [1.807, 2.05) is 60.0 Å². The van der Waals surface area contributed by atoms with Gasteiger partial charge in [-0.05, 0) is 42.3 Å². The zero-order chi connectivity index (χ0) is 21.6. The van der Waals surface area contributed by atoms with Gasteiger partial charge in [-0.3, -0.25) is 4.79 Å². The maximum atomic E-state index is 12.2. The van der Waals surface area contributed by atoms with E-state index in [1.165, 1.54) is 11.3 Å². The number of anilines is 3. The Hall–Kier alpha value is -2.86. The molecule has 0 aliphatic rings. The number of carbonyl (C=O) groups excluding carboxylic acids is 1. The van der Waals surface area contributed by atoms with Crippen molar-refractivity contribution >= 4 is 57.0 Å². The van der Waals surface area contributed by atoms with Crippen molar-refractivity contribution in [3.63, 3.8) is 0 Å². The van der Waals surface area contributed by atoms with Crippen LogP contribution in [-0.4, -0.2) is 10.9 Å². The molecule has 7 heteroatoms. The van der Waals surface area contributed by atoms with E-state index in [2.05, 4.69) is 15.6 Å². The highest BCUT2D eigenvalue weighted by Gasteiger charge is 2.09. The number of rotatable bonds is 7. The highest BCUT2D eigenvalue weighted by molar-refractivity contribution is 7.14. The summed E-state index contributed by atoms with van der Waals surface area (Å²) >= 11 is 13.7. The number of nitrogens with zero attached hydrogens (tertiary/aromatic N) is 1. The standard InChI is InChI=1S/C24H19Cl2N3OS/c25-18-9-12-20(26)21(14-18)28-24-29-22(15-31-24)17-7-10-19(11-8-17)27-23(30)13-6-16-4-2-1-3-5-16/h1-5,7-12,14-15H,6,13H2,(H,27,30)(H,28,29). The molecule has 4 rings (SSSR count). The fourth-order valence-corrected chi connectivity index (χ4v) is 4.09. The molecule has 3 aromatic carbocycles. The van der Waals surface area contributed by atoms with E-state index in [0.717, 1.165) is 34.1 Å². The third-order valence-electron chi connectivity index (χ3n) is 4.62. The number of amides is 1. The molecule has 0 saturated carbocycles. The lowest BCUT2D eigenvalue weighted by atomic mass is 10.1. The molecule has 0 unspecified atom stereocenters. The van der Waals surface area contributed by atoms with Crippen LogP contribution in [0.5, 0.6) is 0 Å². The van der Waals surface area contributed by atoms with E-state index in [9.17, 15) is 4.79 Å². The second-order valence-electron chi connectivity index (χ2n) is 6.90. The summed E-state index contributed by atoms with van der Waals surface area (Å²) in [7, 11) is 0. The van der Waals surface area contributed by atoms with Gasteiger partial charge in [0.25, 0.3) is 0 Å². The van der Waals surface area contributed by atoms with Crippen LogP contribution in [-0.2, 0) is 11.2 Å². The molecule has 1 amide bonds. The third kappa shape index (κ3) is 5.85. The number of thiazole rings is 1. The Morgan fingerprint density at radius 2 is 1.74 bits per heavy atom. The average Bonchev–Trinajstić information content (AvgIpc) is 3.25. The monoisotopic (exact) mass is 467 g/mol. The molecular weight excluding hydrogens is 449 g/mol. The molecule has 0 atom stereocenters. The molecule has 0 aliphatic heterocycles. The molecule has 0 bridgehead atoms. The zero-order valence-corrected chi connectivity index (χ0v) is 18.8. The van der Waals surface area contributed by atoms with Crippen LogP contribution in [0.3, 0.4) is 0 Å². The Bertz CT molecular complexity index is 1180. The SMILES string of the molecule is O=C(CCc1ccccc1)Nc1ccc(-c2csc(Nc3cc(Cl)ccc3Cl)n2)cc1. The van der Waals surface area contributed by atoms with Crippen molar-refractivity contribution < 1.29 is 4.79 Å². The minimum atomic E-state index is -0.00449. The van der Waals surface area contributed by atoms with E-state index in [0.29, 0.717) is 22.2 Å². The van der Waals surface area contributed by atoms with Gasteiger partial charge in [0.1, 0.15) is 0 Å². The Balaban J connectivity index is 1.36. The zero-order valence-electron chi connectivity index (χ0n) is 16.4. The first-order chi connectivity index (χ1) is 15.1. The van der Waals surface area contributed by atoms with Crippen LogP contribution >= 0.6 is 34.5 Å². The van der Waals surface area contributed by atoms with Crippen molar-refractivity contribution in [2.45, 2.75) is 12.8 Å². The number of halogens is 2. The second-order valence-corrected chi connectivity index (χ2v) is 8.60. The topological polar surface area (TPSA) is 54.0 Å². The average molecular weight is 468 g/mol. The van der Waals surface area contributed by atoms with Crippen LogP contribution in [0, 0.1) is 0 Å². The van der Waals surface area contributed by atoms with Crippen molar-refractivity contribution in [3.8, 4) is 11.3 Å². The molecule has 4 aromatic rings. The van der Waals surface area contributed by atoms with Crippen LogP contribution in [0.4, 0.5) is 16.5 Å². The smallest absolute Gasteiger partial charge is 0.224 e. The Morgan fingerprint density at radius 1 is 0.968 bits per heavy atom. The number of hydrogen-bond donors (Lipinski definition) is 2. The van der Waals surface area contributed by atoms with Crippen molar-refractivity contribution in [1.29, 1.82) is 0 Å². The molecule has 0 radical (unpaired) electrons. The van der Waals surface area contributed by atoms with Gasteiger partial charge < -0.3 is 10.6 Å². The van der Waals surface area contributed by atoms with E-state index >= 15 is 0 Å². The molecule has 1 heterocycles. The van der Waals surface area contributed by atoms with Crippen molar-refractivity contribution in [2.24, 2.45) is 0 Å². The van der Waals surface area contributed by atoms with Gasteiger partial charge in [-0.2, -0.15) is 0 Å². The molecule has 4 nitrogen and oxygen atoms in total. The first kappa shape index (κ1) is 21.4. The van der Waals surface area contributed by atoms with Crippen LogP contribution in [0.15, 0.2) is 78.2 Å². The number of nitrogens with one attached hydrogen (secondary N) is 2. The molecule has 31 heavy (non-hydrogen) atoms. The minimum Gasteiger partial charge on any atom is -0.330 e. The molecular formula is C24H19Cl2N3OS. The predicted molar refractivity (Wildman–Crippen MR) is 131 cm³/mol. The van der Waals surface area contributed by atoms with Crippen LogP contribution in [0.1, 0.15) is 12.0 Å². The van der Waals surface area contributed by atoms with Gasteiger partial charge in [-0.1, -0.05) is 65.7 Å². The lowest BCUT2D eigenvalue weighted by Gasteiger charge is -2.07. The van der Waals surface area contributed by atoms with Crippen molar-refractivity contribution in [2.75, 3.05) is 10.6 Å². The number of hydrogen-bond acceptors (Lipinski definition) is 4. The Labute approximate surface area is 194 Å². The minimum absolute atomic E-state index is 0.00449. The largest absolute Gasteiger partial charge is 0.330 e. The number of carbonyl (C=O) groups is 1. The summed E-state index contributed by atoms with van der Waals surface area (Å²) in [6, 6.07) is 22.9. The normalized spacial score (nSPS) is 10.6. The van der Waals surface area contributed by atoms with Gasteiger partial charge in [0, 0.05) is 28.1 Å². The maximum absolute atomic E-state index is 12.2. The molecule has 156 valence electrons. The van der Waals surface area contributed by atoms with Crippen molar-refractivity contribution in [3.05, 3.63) is 93.8 Å². The van der Waals surface area contributed by atoms with Crippen LogP contribution in [0.25, 0.3) is 11.3 Å². The first-order valence-corrected chi connectivity index (χ1v) is 11.3. The highest BCUT2D eigenvalue weighted by atomic mass is 35.5. The Morgan fingerprint density at radius 3 is 2.52 bits per heavy atom. The summed E-state index contributed by atoms with van der Waals surface area (Å²) in [5.41, 5.74) is 4.43. The van der Waals surface area contributed by atoms with E-state index in [4.69, 9.17) is 23.2 Å². The molecule has 2 N–H and O–H groups in total. The maximum Gasteiger partial charge on any atom is 0.224 e. The third-order valence-corrected chi connectivity index (χ3v) is 5.94. The van der Waals surface area contributed by atoms with E-state index in [1.54, 1.807) is 18.2 Å². The van der Waals surface area contributed by atoms with Gasteiger partial charge in [0.2, 0.25) is 5.91 Å². The highest BCUT2D eigenvalue weighted by Crippen LogP contribution is 2.32. The lowest BCUT2D eigenvalue weighted by Crippen LogP contribution is -2.12. The molecule has 0 fully saturated rings. The molecule has 1 aromatic heterocycles. The number of aromatic nitrogens is 1. The summed E-state index contributed by atoms with van der Waals surface area (Å²) in [5, 5.41) is 10.0. The van der Waals surface area contributed by atoms with E-state index < -0.39 is 0 Å². The molecule has 0 aliphatic carbocycles. The summed E-state index contributed by atoms with van der Waals surface area (Å²) in [5.74, 6) is -0.00449. The molecule has 0 spiro atoms. The van der Waals surface area contributed by atoms with Gasteiger partial charge in [-0.25, -0.2) is 4.98 Å². The van der Waals surface area contributed by atoms with Gasteiger partial charge in [0.05, 0.1) is 16.4 Å².